The van der Waals surface area contributed by atoms with Crippen LogP contribution in [0, 0.1) is 5.92 Å². The van der Waals surface area contributed by atoms with Crippen molar-refractivity contribution >= 4 is 9.84 Å². The lowest BCUT2D eigenvalue weighted by molar-refractivity contribution is 0.0612. The Balaban J connectivity index is 2.78. The fourth-order valence-corrected chi connectivity index (χ4v) is 3.78. The molecule has 0 aromatic carbocycles. The number of hydrogen-bond acceptors (Lipinski definition) is 3. The molecule has 1 aliphatic rings. The van der Waals surface area contributed by atoms with Gasteiger partial charge in [0.15, 0.2) is 0 Å². The second kappa shape index (κ2) is 5.00. The molecule has 3 unspecified atom stereocenters. The molecule has 0 saturated heterocycles. The number of sulfone groups is 1. The van der Waals surface area contributed by atoms with Crippen LogP contribution in [0.25, 0.3) is 0 Å². The highest BCUT2D eigenvalue weighted by atomic mass is 32.2. The Bertz CT molecular complexity index is 325. The van der Waals surface area contributed by atoms with Gasteiger partial charge in [0.1, 0.15) is 15.5 Å². The van der Waals surface area contributed by atoms with Gasteiger partial charge in [0.25, 0.3) is 0 Å². The van der Waals surface area contributed by atoms with E-state index in [0.29, 0.717) is 19.3 Å². The Morgan fingerprint density at radius 2 is 2.06 bits per heavy atom. The molecule has 0 amide bonds. The summed E-state index contributed by atoms with van der Waals surface area (Å²) < 4.78 is 37.3. The Hall–Kier alpha value is -0.160. The number of alkyl halides is 1. The molecular weight excluding hydrogens is 229 g/mol. The third-order valence-electron chi connectivity index (χ3n) is 3.89. The predicted octanol–water partition coefficient (Wildman–Crippen LogP) is 1.67. The topological polar surface area (TPSA) is 60.2 Å². The van der Waals surface area contributed by atoms with Gasteiger partial charge in [-0.15, -0.1) is 0 Å². The summed E-state index contributed by atoms with van der Waals surface area (Å²) in [6.07, 6.45) is 4.25. The molecule has 5 heteroatoms. The molecule has 96 valence electrons. The molecule has 0 spiro atoms. The van der Waals surface area contributed by atoms with Gasteiger partial charge < -0.3 is 5.73 Å². The quantitative estimate of drug-likeness (QED) is 0.826. The summed E-state index contributed by atoms with van der Waals surface area (Å²) in [7, 11) is -3.04. The first-order valence-electron chi connectivity index (χ1n) is 5.91. The van der Waals surface area contributed by atoms with Gasteiger partial charge >= 0.3 is 0 Å². The molecule has 0 aliphatic heterocycles. The first-order valence-corrected chi connectivity index (χ1v) is 7.86. The average molecular weight is 251 g/mol. The summed E-state index contributed by atoms with van der Waals surface area (Å²) in [5.74, 6) is -0.198. The van der Waals surface area contributed by atoms with Gasteiger partial charge in [0.2, 0.25) is 0 Å². The smallest absolute Gasteiger partial charge is 0.150 e. The van der Waals surface area contributed by atoms with E-state index in [0.717, 1.165) is 12.8 Å². The highest BCUT2D eigenvalue weighted by molar-refractivity contribution is 7.91. The summed E-state index contributed by atoms with van der Waals surface area (Å²) in [5.41, 5.74) is 4.09. The first kappa shape index (κ1) is 13.9. The van der Waals surface area contributed by atoms with Crippen LogP contribution in [-0.2, 0) is 9.84 Å². The van der Waals surface area contributed by atoms with E-state index in [9.17, 15) is 12.8 Å². The molecule has 2 N–H and O–H groups in total. The van der Waals surface area contributed by atoms with Crippen molar-refractivity contribution in [3.05, 3.63) is 0 Å². The molecular formula is C11H22FNO2S. The zero-order valence-corrected chi connectivity index (χ0v) is 10.9. The summed E-state index contributed by atoms with van der Waals surface area (Å²) in [5, 5.41) is -0.375. The molecule has 3 nitrogen and oxygen atoms in total. The van der Waals surface area contributed by atoms with E-state index in [1.165, 1.54) is 6.26 Å². The molecule has 0 radical (unpaired) electrons. The molecule has 1 aliphatic carbocycles. The van der Waals surface area contributed by atoms with Crippen molar-refractivity contribution in [3.63, 3.8) is 0 Å². The first-order chi connectivity index (χ1) is 7.33. The van der Waals surface area contributed by atoms with Gasteiger partial charge in [-0.1, -0.05) is 13.3 Å². The van der Waals surface area contributed by atoms with Crippen LogP contribution in [0.3, 0.4) is 0 Å². The maximum Gasteiger partial charge on any atom is 0.150 e. The number of nitrogens with two attached hydrogens (primary N) is 1. The van der Waals surface area contributed by atoms with Crippen LogP contribution >= 0.6 is 0 Å². The second-order valence-corrected chi connectivity index (χ2v) is 7.23. The Labute approximate surface area is 97.5 Å². The maximum atomic E-state index is 14.4. The summed E-state index contributed by atoms with van der Waals surface area (Å²) in [6.45, 7) is 1.77. The van der Waals surface area contributed by atoms with Crippen LogP contribution in [0.4, 0.5) is 4.39 Å². The molecule has 1 rings (SSSR count). The summed E-state index contributed by atoms with van der Waals surface area (Å²) >= 11 is 0. The largest absolute Gasteiger partial charge is 0.328 e. The van der Waals surface area contributed by atoms with Gasteiger partial charge in [-0.2, -0.15) is 0 Å². The normalized spacial score (nSPS) is 31.0. The second-order valence-electron chi connectivity index (χ2n) is 4.91. The number of halogens is 1. The lowest BCUT2D eigenvalue weighted by atomic mass is 9.76. The van der Waals surface area contributed by atoms with E-state index in [1.807, 2.05) is 0 Å². The molecule has 16 heavy (non-hydrogen) atoms. The highest BCUT2D eigenvalue weighted by Gasteiger charge is 2.41. The van der Waals surface area contributed by atoms with Crippen LogP contribution in [0.5, 0.6) is 0 Å². The standard InChI is InChI=1S/C11H22FNO2S/c1-3-11(12,8-13)9-5-4-6-10(7-9)16(2,14)15/h9-10H,3-8,13H2,1-2H3. The molecule has 1 fully saturated rings. The summed E-state index contributed by atoms with van der Waals surface area (Å²) in [6, 6.07) is 0. The third-order valence-corrected chi connectivity index (χ3v) is 5.53. The van der Waals surface area contributed by atoms with E-state index in [4.69, 9.17) is 5.73 Å². The van der Waals surface area contributed by atoms with E-state index < -0.39 is 15.5 Å². The van der Waals surface area contributed by atoms with Crippen LogP contribution in [0.1, 0.15) is 39.0 Å². The zero-order valence-electron chi connectivity index (χ0n) is 10.1. The Morgan fingerprint density at radius 1 is 1.44 bits per heavy atom. The monoisotopic (exact) mass is 251 g/mol. The van der Waals surface area contributed by atoms with Gasteiger partial charge in [0, 0.05) is 12.8 Å². The molecule has 1 saturated carbocycles. The van der Waals surface area contributed by atoms with Crippen molar-refractivity contribution in [1.29, 1.82) is 0 Å². The van der Waals surface area contributed by atoms with Crippen molar-refractivity contribution in [2.75, 3.05) is 12.8 Å². The van der Waals surface area contributed by atoms with E-state index >= 15 is 0 Å². The highest BCUT2D eigenvalue weighted by Crippen LogP contribution is 2.38. The Kier molecular flexibility index (Phi) is 4.35. The lowest BCUT2D eigenvalue weighted by Gasteiger charge is -2.37. The summed E-state index contributed by atoms with van der Waals surface area (Å²) in [4.78, 5) is 0. The van der Waals surface area contributed by atoms with Crippen molar-refractivity contribution in [1.82, 2.24) is 0 Å². The molecule has 0 aromatic rings. The van der Waals surface area contributed by atoms with Crippen LogP contribution in [0.15, 0.2) is 0 Å². The van der Waals surface area contributed by atoms with Crippen molar-refractivity contribution in [2.45, 2.75) is 49.9 Å². The van der Waals surface area contributed by atoms with Gasteiger partial charge in [-0.25, -0.2) is 12.8 Å². The molecule has 0 bridgehead atoms. The van der Waals surface area contributed by atoms with Crippen molar-refractivity contribution in [3.8, 4) is 0 Å². The Morgan fingerprint density at radius 3 is 2.50 bits per heavy atom. The SMILES string of the molecule is CCC(F)(CN)C1CCCC(S(C)(=O)=O)C1. The van der Waals surface area contributed by atoms with Gasteiger partial charge in [-0.3, -0.25) is 0 Å². The van der Waals surface area contributed by atoms with Gasteiger partial charge in [0.05, 0.1) is 5.25 Å². The molecule has 0 heterocycles. The average Bonchev–Trinajstić information content (AvgIpc) is 2.27. The fraction of sp³-hybridized carbons (Fsp3) is 1.00. The van der Waals surface area contributed by atoms with Crippen LogP contribution in [-0.4, -0.2) is 32.1 Å². The maximum absolute atomic E-state index is 14.4. The van der Waals surface area contributed by atoms with Crippen LogP contribution in [0.2, 0.25) is 0 Å². The minimum atomic E-state index is -3.04. The molecule has 3 atom stereocenters. The lowest BCUT2D eigenvalue weighted by Crippen LogP contribution is -2.44. The third kappa shape index (κ3) is 2.94. The van der Waals surface area contributed by atoms with Crippen LogP contribution < -0.4 is 5.73 Å². The fourth-order valence-electron chi connectivity index (χ4n) is 2.60. The molecule has 0 aromatic heterocycles. The zero-order chi connectivity index (χ0) is 12.4. The minimum Gasteiger partial charge on any atom is -0.328 e. The number of hydrogen-bond donors (Lipinski definition) is 1. The number of rotatable bonds is 4. The minimum absolute atomic E-state index is 0.00928. The van der Waals surface area contributed by atoms with Crippen molar-refractivity contribution < 1.29 is 12.8 Å². The van der Waals surface area contributed by atoms with E-state index in [-0.39, 0.29) is 17.7 Å². The van der Waals surface area contributed by atoms with E-state index in [1.54, 1.807) is 6.92 Å². The van der Waals surface area contributed by atoms with E-state index in [2.05, 4.69) is 0 Å². The van der Waals surface area contributed by atoms with Crippen molar-refractivity contribution in [2.24, 2.45) is 11.7 Å². The van der Waals surface area contributed by atoms with Gasteiger partial charge in [-0.05, 0) is 31.6 Å². The predicted molar refractivity (Wildman–Crippen MR) is 63.8 cm³/mol.